The number of fused-ring (bicyclic) bond motifs is 1. The van der Waals surface area contributed by atoms with Gasteiger partial charge in [0.15, 0.2) is 17.5 Å². The molecule has 4 rings (SSSR count). The zero-order chi connectivity index (χ0) is 20.6. The first-order valence-corrected chi connectivity index (χ1v) is 10.2. The van der Waals surface area contributed by atoms with E-state index in [1.807, 2.05) is 31.2 Å². The minimum Gasteiger partial charge on any atom is -0.490 e. The van der Waals surface area contributed by atoms with E-state index in [1.54, 1.807) is 17.3 Å². The van der Waals surface area contributed by atoms with Crippen molar-refractivity contribution >= 4 is 35.6 Å². The van der Waals surface area contributed by atoms with Crippen molar-refractivity contribution in [2.75, 3.05) is 25.1 Å². The molecule has 3 aromatic rings. The van der Waals surface area contributed by atoms with Gasteiger partial charge >= 0.3 is 0 Å². The van der Waals surface area contributed by atoms with Gasteiger partial charge in [0.2, 0.25) is 0 Å². The van der Waals surface area contributed by atoms with Crippen LogP contribution in [0.4, 0.5) is 5.69 Å². The van der Waals surface area contributed by atoms with E-state index < -0.39 is 0 Å². The van der Waals surface area contributed by atoms with Crippen molar-refractivity contribution < 1.29 is 9.47 Å². The molecule has 1 aliphatic rings. The highest BCUT2D eigenvalue weighted by atomic mass is 127. The normalized spacial score (nSPS) is 13.1. The van der Waals surface area contributed by atoms with E-state index in [9.17, 15) is 0 Å². The Hall–Kier alpha value is -2.82. The maximum Gasteiger partial charge on any atom is 0.196 e. The van der Waals surface area contributed by atoms with Crippen LogP contribution in [0.1, 0.15) is 24.5 Å². The summed E-state index contributed by atoms with van der Waals surface area (Å²) in [5, 5.41) is 10.8. The van der Waals surface area contributed by atoms with Gasteiger partial charge in [-0.25, -0.2) is 14.7 Å². The van der Waals surface area contributed by atoms with Crippen molar-refractivity contribution in [1.29, 1.82) is 0 Å². The lowest BCUT2D eigenvalue weighted by Crippen LogP contribution is -2.30. The van der Waals surface area contributed by atoms with E-state index in [-0.39, 0.29) is 24.0 Å². The molecule has 0 spiro atoms. The molecule has 0 amide bonds. The summed E-state index contributed by atoms with van der Waals surface area (Å²) in [6.45, 7) is 5.40. The fourth-order valence-corrected chi connectivity index (χ4v) is 3.18. The van der Waals surface area contributed by atoms with Crippen LogP contribution in [0.25, 0.3) is 0 Å². The van der Waals surface area contributed by atoms with Crippen molar-refractivity contribution in [2.24, 2.45) is 4.99 Å². The van der Waals surface area contributed by atoms with Crippen LogP contribution in [0.5, 0.6) is 11.5 Å². The zero-order valence-corrected chi connectivity index (χ0v) is 19.8. The molecule has 0 aliphatic carbocycles. The number of nitrogens with zero attached hydrogens (tertiary/aromatic N) is 4. The summed E-state index contributed by atoms with van der Waals surface area (Å²) in [5.41, 5.74) is 3.19. The van der Waals surface area contributed by atoms with E-state index in [0.29, 0.717) is 32.3 Å². The molecule has 8 nitrogen and oxygen atoms in total. The van der Waals surface area contributed by atoms with Gasteiger partial charge in [-0.05, 0) is 30.2 Å². The number of rotatable bonds is 6. The Balaban J connectivity index is 0.00000272. The Bertz CT molecular complexity index is 993. The molecular weight excluding hydrogens is 507 g/mol. The van der Waals surface area contributed by atoms with Crippen LogP contribution < -0.4 is 20.1 Å². The van der Waals surface area contributed by atoms with Gasteiger partial charge in [-0.2, -0.15) is 5.10 Å². The van der Waals surface area contributed by atoms with Crippen LogP contribution >= 0.6 is 24.0 Å². The molecule has 1 aliphatic heterocycles. The third-order valence-electron chi connectivity index (χ3n) is 4.58. The van der Waals surface area contributed by atoms with Crippen LogP contribution in [-0.4, -0.2) is 40.5 Å². The van der Waals surface area contributed by atoms with Gasteiger partial charge < -0.3 is 20.1 Å². The molecule has 1 aromatic heterocycles. The van der Waals surface area contributed by atoms with Crippen molar-refractivity contribution in [3.05, 3.63) is 66.2 Å². The lowest BCUT2D eigenvalue weighted by molar-refractivity contribution is 0.297. The molecule has 0 saturated heterocycles. The van der Waals surface area contributed by atoms with E-state index in [0.717, 1.165) is 41.3 Å². The minimum atomic E-state index is 0. The van der Waals surface area contributed by atoms with Gasteiger partial charge in [0.05, 0.1) is 26.3 Å². The highest BCUT2D eigenvalue weighted by Gasteiger charge is 2.11. The lowest BCUT2D eigenvalue weighted by Gasteiger charge is -2.14. The summed E-state index contributed by atoms with van der Waals surface area (Å²) in [4.78, 5) is 8.72. The highest BCUT2D eigenvalue weighted by molar-refractivity contribution is 14.0. The number of nitrogens with one attached hydrogen (secondary N) is 2. The summed E-state index contributed by atoms with van der Waals surface area (Å²) in [7, 11) is 0. The molecule has 9 heteroatoms. The number of hydrogen-bond donors (Lipinski definition) is 2. The highest BCUT2D eigenvalue weighted by Crippen LogP contribution is 2.32. The summed E-state index contributed by atoms with van der Waals surface area (Å²) >= 11 is 0. The van der Waals surface area contributed by atoms with Gasteiger partial charge in [-0.1, -0.05) is 24.3 Å². The van der Waals surface area contributed by atoms with Gasteiger partial charge in [0.1, 0.15) is 12.7 Å². The number of aliphatic imine (C=N–C) groups is 1. The van der Waals surface area contributed by atoms with E-state index in [1.165, 1.54) is 0 Å². The Morgan fingerprint density at radius 1 is 1.10 bits per heavy atom. The molecule has 0 atom stereocenters. The molecule has 0 fully saturated rings. The molecule has 0 bridgehead atoms. The molecular formula is C22H27IN6O2. The van der Waals surface area contributed by atoms with Crippen LogP contribution in [0, 0.1) is 0 Å². The van der Waals surface area contributed by atoms with Crippen LogP contribution in [0.3, 0.4) is 0 Å². The molecule has 0 saturated carbocycles. The second kappa shape index (κ2) is 11.5. The third-order valence-corrected chi connectivity index (χ3v) is 4.58. The van der Waals surface area contributed by atoms with Crippen molar-refractivity contribution in [3.63, 3.8) is 0 Å². The maximum absolute atomic E-state index is 5.78. The monoisotopic (exact) mass is 534 g/mol. The summed E-state index contributed by atoms with van der Waals surface area (Å²) in [6.07, 6.45) is 4.15. The molecule has 164 valence electrons. The lowest BCUT2D eigenvalue weighted by atomic mass is 10.1. The number of halogens is 1. The quantitative estimate of drug-likeness (QED) is 0.285. The average Bonchev–Trinajstić information content (AvgIpc) is 3.15. The second-order valence-corrected chi connectivity index (χ2v) is 6.95. The third kappa shape index (κ3) is 6.58. The van der Waals surface area contributed by atoms with Crippen LogP contribution in [-0.2, 0) is 13.1 Å². The standard InChI is InChI=1S/C22H26N6O2.HI/c1-2-24-22(27-19-7-8-20-21(12-19)30-10-4-9-29-20)25-13-17-5-3-6-18(11-17)14-28-16-23-15-26-28;/h3,5-8,11-12,15-16H,2,4,9-10,13-14H2,1H3,(H2,24,25,27);1H. The minimum absolute atomic E-state index is 0. The van der Waals surface area contributed by atoms with Crippen LogP contribution in [0.2, 0.25) is 0 Å². The number of ether oxygens (including phenoxy) is 2. The molecule has 0 unspecified atom stereocenters. The van der Waals surface area contributed by atoms with Gasteiger partial charge in [-0.15, -0.1) is 24.0 Å². The number of aromatic nitrogens is 3. The Kier molecular flexibility index (Phi) is 8.51. The van der Waals surface area contributed by atoms with Gasteiger partial charge in [0.25, 0.3) is 0 Å². The van der Waals surface area contributed by atoms with Crippen molar-refractivity contribution in [3.8, 4) is 11.5 Å². The van der Waals surface area contributed by atoms with E-state index in [4.69, 9.17) is 14.5 Å². The SMILES string of the molecule is CCNC(=NCc1cccc(Cn2cncn2)c1)Nc1ccc2c(c1)OCCCO2.I. The predicted molar refractivity (Wildman–Crippen MR) is 131 cm³/mol. The Labute approximate surface area is 199 Å². The van der Waals surface area contributed by atoms with Crippen LogP contribution in [0.15, 0.2) is 60.1 Å². The fraction of sp³-hybridized carbons (Fsp3) is 0.318. The zero-order valence-electron chi connectivity index (χ0n) is 17.5. The first-order valence-electron chi connectivity index (χ1n) is 10.2. The molecule has 2 heterocycles. The first kappa shape index (κ1) is 22.9. The maximum atomic E-state index is 5.78. The first-order chi connectivity index (χ1) is 14.8. The van der Waals surface area contributed by atoms with Crippen molar-refractivity contribution in [1.82, 2.24) is 20.1 Å². The molecule has 0 radical (unpaired) electrons. The summed E-state index contributed by atoms with van der Waals surface area (Å²) in [6, 6.07) is 14.2. The number of anilines is 1. The van der Waals surface area contributed by atoms with Gasteiger partial charge in [0, 0.05) is 24.7 Å². The smallest absolute Gasteiger partial charge is 0.196 e. The molecule has 2 aromatic carbocycles. The van der Waals surface area contributed by atoms with E-state index in [2.05, 4.69) is 38.9 Å². The van der Waals surface area contributed by atoms with E-state index >= 15 is 0 Å². The Morgan fingerprint density at radius 3 is 2.74 bits per heavy atom. The summed E-state index contributed by atoms with van der Waals surface area (Å²) in [5.74, 6) is 2.26. The number of guanidine groups is 1. The second-order valence-electron chi connectivity index (χ2n) is 6.95. The van der Waals surface area contributed by atoms with Gasteiger partial charge in [-0.3, -0.25) is 0 Å². The molecule has 2 N–H and O–H groups in total. The number of hydrogen-bond acceptors (Lipinski definition) is 5. The fourth-order valence-electron chi connectivity index (χ4n) is 3.18. The topological polar surface area (TPSA) is 85.6 Å². The predicted octanol–water partition coefficient (Wildman–Crippen LogP) is 3.68. The summed E-state index contributed by atoms with van der Waals surface area (Å²) < 4.78 is 13.3. The average molecular weight is 534 g/mol. The van der Waals surface area contributed by atoms with Crippen molar-refractivity contribution in [2.45, 2.75) is 26.4 Å². The number of benzene rings is 2. The Morgan fingerprint density at radius 2 is 1.94 bits per heavy atom. The largest absolute Gasteiger partial charge is 0.490 e. The molecule has 31 heavy (non-hydrogen) atoms.